The van der Waals surface area contributed by atoms with E-state index >= 15 is 0 Å². The smallest absolute Gasteiger partial charge is 0.237 e. The highest BCUT2D eigenvalue weighted by molar-refractivity contribution is 5.85. The molecule has 1 atom stereocenters. The first kappa shape index (κ1) is 13.8. The molecule has 0 aromatic carbocycles. The van der Waals surface area contributed by atoms with E-state index in [1.807, 2.05) is 0 Å². The molecule has 3 rings (SSSR count). The molecule has 2 saturated carbocycles. The van der Waals surface area contributed by atoms with Gasteiger partial charge >= 0.3 is 0 Å². The molecule has 1 aromatic heterocycles. The summed E-state index contributed by atoms with van der Waals surface area (Å²) in [6.45, 7) is 2.27. The normalized spacial score (nSPS) is 31.4. The van der Waals surface area contributed by atoms with Crippen LogP contribution in [-0.4, -0.2) is 15.9 Å². The SMILES string of the molecule is CCC1CCC(c2noc(C3CCCCC3=O)n2)CC1. The number of aromatic nitrogens is 2. The Balaban J connectivity index is 1.66. The van der Waals surface area contributed by atoms with E-state index in [9.17, 15) is 4.79 Å². The van der Waals surface area contributed by atoms with Gasteiger partial charge in [0.2, 0.25) is 5.89 Å². The van der Waals surface area contributed by atoms with Crippen molar-refractivity contribution in [1.29, 1.82) is 0 Å². The molecule has 110 valence electrons. The second kappa shape index (κ2) is 6.06. The molecule has 0 saturated heterocycles. The molecule has 1 heterocycles. The van der Waals surface area contributed by atoms with Gasteiger partial charge in [0.05, 0.1) is 5.92 Å². The van der Waals surface area contributed by atoms with Crippen molar-refractivity contribution in [3.05, 3.63) is 11.7 Å². The van der Waals surface area contributed by atoms with Crippen LogP contribution < -0.4 is 0 Å². The van der Waals surface area contributed by atoms with Crippen molar-refractivity contribution in [3.63, 3.8) is 0 Å². The largest absolute Gasteiger partial charge is 0.339 e. The van der Waals surface area contributed by atoms with E-state index in [4.69, 9.17) is 4.52 Å². The number of carbonyl (C=O) groups excluding carboxylic acids is 1. The van der Waals surface area contributed by atoms with Crippen LogP contribution >= 0.6 is 0 Å². The number of carbonyl (C=O) groups is 1. The molecule has 4 nitrogen and oxygen atoms in total. The van der Waals surface area contributed by atoms with Crippen LogP contribution in [0.5, 0.6) is 0 Å². The highest BCUT2D eigenvalue weighted by atomic mass is 16.5. The summed E-state index contributed by atoms with van der Waals surface area (Å²) in [7, 11) is 0. The van der Waals surface area contributed by atoms with E-state index < -0.39 is 0 Å². The van der Waals surface area contributed by atoms with Gasteiger partial charge in [0.25, 0.3) is 0 Å². The minimum absolute atomic E-state index is 0.128. The van der Waals surface area contributed by atoms with Crippen molar-refractivity contribution >= 4 is 5.78 Å². The zero-order chi connectivity index (χ0) is 13.9. The molecule has 0 amide bonds. The summed E-state index contributed by atoms with van der Waals surface area (Å²) in [4.78, 5) is 16.5. The predicted molar refractivity (Wildman–Crippen MR) is 75.5 cm³/mol. The topological polar surface area (TPSA) is 56.0 Å². The Morgan fingerprint density at radius 2 is 1.95 bits per heavy atom. The Kier molecular flexibility index (Phi) is 4.18. The Labute approximate surface area is 120 Å². The zero-order valence-electron chi connectivity index (χ0n) is 12.3. The molecule has 2 fully saturated rings. The summed E-state index contributed by atoms with van der Waals surface area (Å²) in [6.07, 6.45) is 9.80. The van der Waals surface area contributed by atoms with Gasteiger partial charge in [-0.15, -0.1) is 0 Å². The van der Waals surface area contributed by atoms with Crippen LogP contribution in [-0.2, 0) is 4.79 Å². The molecule has 1 aromatic rings. The van der Waals surface area contributed by atoms with E-state index in [0.29, 0.717) is 18.2 Å². The van der Waals surface area contributed by atoms with Crippen molar-refractivity contribution in [1.82, 2.24) is 10.1 Å². The lowest BCUT2D eigenvalue weighted by molar-refractivity contribution is -0.122. The molecule has 0 bridgehead atoms. The van der Waals surface area contributed by atoms with Crippen molar-refractivity contribution in [2.75, 3.05) is 0 Å². The van der Waals surface area contributed by atoms with Gasteiger partial charge < -0.3 is 4.52 Å². The number of hydrogen-bond donors (Lipinski definition) is 0. The van der Waals surface area contributed by atoms with Gasteiger partial charge in [0, 0.05) is 12.3 Å². The molecule has 2 aliphatic rings. The van der Waals surface area contributed by atoms with Gasteiger partial charge in [0.1, 0.15) is 5.78 Å². The van der Waals surface area contributed by atoms with E-state index in [0.717, 1.165) is 43.8 Å². The zero-order valence-corrected chi connectivity index (χ0v) is 12.3. The van der Waals surface area contributed by atoms with Crippen molar-refractivity contribution < 1.29 is 9.32 Å². The third-order valence-electron chi connectivity index (χ3n) is 5.10. The fraction of sp³-hybridized carbons (Fsp3) is 0.812. The maximum Gasteiger partial charge on any atom is 0.237 e. The van der Waals surface area contributed by atoms with Gasteiger partial charge in [-0.05, 0) is 44.4 Å². The quantitative estimate of drug-likeness (QED) is 0.838. The summed E-state index contributed by atoms with van der Waals surface area (Å²) >= 11 is 0. The first-order valence-electron chi connectivity index (χ1n) is 8.14. The monoisotopic (exact) mass is 276 g/mol. The Bertz CT molecular complexity index is 461. The average molecular weight is 276 g/mol. The molecule has 0 spiro atoms. The molecule has 0 radical (unpaired) electrons. The maximum atomic E-state index is 11.9. The van der Waals surface area contributed by atoms with Crippen LogP contribution in [0.4, 0.5) is 0 Å². The van der Waals surface area contributed by atoms with Crippen LogP contribution in [0, 0.1) is 5.92 Å². The first-order chi connectivity index (χ1) is 9.78. The maximum absolute atomic E-state index is 11.9. The average Bonchev–Trinajstić information content (AvgIpc) is 2.97. The number of nitrogens with zero attached hydrogens (tertiary/aromatic N) is 2. The molecule has 4 heteroatoms. The van der Waals surface area contributed by atoms with Gasteiger partial charge in [-0.25, -0.2) is 0 Å². The van der Waals surface area contributed by atoms with Crippen LogP contribution in [0.25, 0.3) is 0 Å². The standard InChI is InChI=1S/C16H24N2O2/c1-2-11-7-9-12(10-8-11)15-17-16(20-18-15)13-5-3-4-6-14(13)19/h11-13H,2-10H2,1H3. The lowest BCUT2D eigenvalue weighted by Gasteiger charge is -2.25. The fourth-order valence-electron chi connectivity index (χ4n) is 3.63. The molecular weight excluding hydrogens is 252 g/mol. The van der Waals surface area contributed by atoms with Crippen molar-refractivity contribution in [2.24, 2.45) is 5.92 Å². The van der Waals surface area contributed by atoms with Gasteiger partial charge in [-0.1, -0.05) is 24.9 Å². The van der Waals surface area contributed by atoms with E-state index in [2.05, 4.69) is 17.1 Å². The molecule has 20 heavy (non-hydrogen) atoms. The predicted octanol–water partition coefficient (Wildman–Crippen LogP) is 3.98. The molecular formula is C16H24N2O2. The van der Waals surface area contributed by atoms with Crippen molar-refractivity contribution in [3.8, 4) is 0 Å². The van der Waals surface area contributed by atoms with E-state index in [-0.39, 0.29) is 11.7 Å². The van der Waals surface area contributed by atoms with Crippen molar-refractivity contribution in [2.45, 2.75) is 76.5 Å². The summed E-state index contributed by atoms with van der Waals surface area (Å²) in [6, 6.07) is 0. The van der Waals surface area contributed by atoms with Gasteiger partial charge in [-0.3, -0.25) is 4.79 Å². The molecule has 2 aliphatic carbocycles. The summed E-state index contributed by atoms with van der Waals surface area (Å²) in [5, 5.41) is 4.16. The number of hydrogen-bond acceptors (Lipinski definition) is 4. The second-order valence-corrected chi connectivity index (χ2v) is 6.38. The lowest BCUT2D eigenvalue weighted by Crippen LogP contribution is -2.17. The minimum atomic E-state index is -0.128. The number of Topliss-reactive ketones (excluding diaryl/α,β-unsaturated/α-hetero) is 1. The van der Waals surface area contributed by atoms with Crippen LogP contribution in [0.2, 0.25) is 0 Å². The highest BCUT2D eigenvalue weighted by Crippen LogP contribution is 2.37. The third kappa shape index (κ3) is 2.79. The van der Waals surface area contributed by atoms with E-state index in [1.54, 1.807) is 0 Å². The third-order valence-corrected chi connectivity index (χ3v) is 5.10. The summed E-state index contributed by atoms with van der Waals surface area (Å²) in [5.41, 5.74) is 0. The van der Waals surface area contributed by atoms with Crippen LogP contribution in [0.15, 0.2) is 4.52 Å². The molecule has 1 unspecified atom stereocenters. The van der Waals surface area contributed by atoms with Crippen LogP contribution in [0.1, 0.15) is 88.3 Å². The molecule has 0 N–H and O–H groups in total. The summed E-state index contributed by atoms with van der Waals surface area (Å²) < 4.78 is 5.40. The van der Waals surface area contributed by atoms with Gasteiger partial charge in [-0.2, -0.15) is 4.98 Å². The Morgan fingerprint density at radius 1 is 1.15 bits per heavy atom. The summed E-state index contributed by atoms with van der Waals surface area (Å²) in [5.74, 6) is 2.87. The lowest BCUT2D eigenvalue weighted by atomic mass is 9.80. The minimum Gasteiger partial charge on any atom is -0.339 e. The van der Waals surface area contributed by atoms with E-state index in [1.165, 1.54) is 19.3 Å². The highest BCUT2D eigenvalue weighted by Gasteiger charge is 2.31. The molecule has 0 aliphatic heterocycles. The number of rotatable bonds is 3. The second-order valence-electron chi connectivity index (χ2n) is 6.38. The Morgan fingerprint density at radius 3 is 2.65 bits per heavy atom. The number of ketones is 1. The van der Waals surface area contributed by atoms with Crippen LogP contribution in [0.3, 0.4) is 0 Å². The van der Waals surface area contributed by atoms with Gasteiger partial charge in [0.15, 0.2) is 5.82 Å². The Hall–Kier alpha value is -1.19. The fourth-order valence-corrected chi connectivity index (χ4v) is 3.63. The first-order valence-corrected chi connectivity index (χ1v) is 8.14.